The number of carboxylic acid groups (broad SMARTS) is 1. The Labute approximate surface area is 274 Å². The van der Waals surface area contributed by atoms with E-state index in [4.69, 9.17) is 0 Å². The van der Waals surface area contributed by atoms with Gasteiger partial charge in [-0.2, -0.15) is 0 Å². The number of nitrogens with one attached hydrogen (secondary N) is 1. The summed E-state index contributed by atoms with van der Waals surface area (Å²) in [6, 6.07) is 42.0. The van der Waals surface area contributed by atoms with Crippen molar-refractivity contribution in [2.24, 2.45) is 4.99 Å². The Balaban J connectivity index is 1.19. The summed E-state index contributed by atoms with van der Waals surface area (Å²) in [4.78, 5) is 29.5. The Morgan fingerprint density at radius 1 is 0.739 bits per heavy atom. The molecule has 6 nitrogen and oxygen atoms in total. The fourth-order valence-electron chi connectivity index (χ4n) is 5.12. The number of benzene rings is 5. The van der Waals surface area contributed by atoms with Crippen molar-refractivity contribution in [2.45, 2.75) is 13.8 Å². The van der Waals surface area contributed by atoms with Crippen LogP contribution in [-0.4, -0.2) is 35.6 Å². The number of amidine groups is 1. The molecule has 0 saturated heterocycles. The van der Waals surface area contributed by atoms with Crippen LogP contribution in [0.5, 0.6) is 0 Å². The smallest absolute Gasteiger partial charge is 0.0622 e. The van der Waals surface area contributed by atoms with Gasteiger partial charge in [0.2, 0.25) is 0 Å². The summed E-state index contributed by atoms with van der Waals surface area (Å²) >= 11 is -0.997. The predicted molar refractivity (Wildman–Crippen MR) is 189 cm³/mol. The molecule has 46 heavy (non-hydrogen) atoms. The van der Waals surface area contributed by atoms with Gasteiger partial charge in [0.15, 0.2) is 0 Å². The van der Waals surface area contributed by atoms with Gasteiger partial charge in [-0.05, 0) is 53.3 Å². The Kier molecular flexibility index (Phi) is 9.06. The summed E-state index contributed by atoms with van der Waals surface area (Å²) in [7, 11) is 0. The molecule has 0 saturated carbocycles. The number of para-hydroxylation sites is 1. The molecular formula is C39H31N3O3Se. The van der Waals surface area contributed by atoms with E-state index in [1.54, 1.807) is 30.3 Å². The van der Waals surface area contributed by atoms with Crippen molar-refractivity contribution >= 4 is 65.3 Å². The van der Waals surface area contributed by atoms with Gasteiger partial charge in [-0.3, -0.25) is 0 Å². The number of rotatable bonds is 9. The van der Waals surface area contributed by atoms with Crippen molar-refractivity contribution < 1.29 is 14.7 Å². The molecule has 0 atom stereocenters. The number of hydrogen-bond donors (Lipinski definition) is 2. The standard InChI is InChI=1S/C39H31N3O3Se/c1-26-13-18-31(23-27(26)2)35(30-9-5-3-6-10-30)24-28-14-19-32(20-15-28)40-33-21-16-29(17-22-33)25-36-37(43)42(34-11-7-4-8-12-34)38(41-36)46-39(44)45/h3-25,40H,1-2H3,(H,44,45)/b35-24+,36-25-. The minimum absolute atomic E-state index is 0.210. The molecule has 1 aliphatic rings. The first-order valence-corrected chi connectivity index (χ1v) is 16.5. The maximum absolute atomic E-state index is 13.2. The van der Waals surface area contributed by atoms with Gasteiger partial charge in [0.1, 0.15) is 0 Å². The molecule has 0 radical (unpaired) electrons. The van der Waals surface area contributed by atoms with E-state index >= 15 is 0 Å². The number of nitrogens with zero attached hydrogens (tertiary/aromatic N) is 2. The number of aliphatic imine (C=N–C) groups is 1. The van der Waals surface area contributed by atoms with Crippen LogP contribution in [0.3, 0.4) is 0 Å². The molecule has 0 unspecified atom stereocenters. The van der Waals surface area contributed by atoms with Crippen LogP contribution in [0.15, 0.2) is 138 Å². The van der Waals surface area contributed by atoms with Gasteiger partial charge < -0.3 is 0 Å². The van der Waals surface area contributed by atoms with Gasteiger partial charge in [-0.1, -0.05) is 48.5 Å². The van der Waals surface area contributed by atoms with Crippen LogP contribution < -0.4 is 10.2 Å². The minimum Gasteiger partial charge on any atom is -0.0622 e. The van der Waals surface area contributed by atoms with E-state index in [9.17, 15) is 14.7 Å². The van der Waals surface area contributed by atoms with Crippen molar-refractivity contribution in [3.05, 3.63) is 166 Å². The van der Waals surface area contributed by atoms with Crippen LogP contribution in [-0.2, 0) is 4.79 Å². The molecule has 0 bridgehead atoms. The molecule has 7 heteroatoms. The van der Waals surface area contributed by atoms with Gasteiger partial charge in [0.05, 0.1) is 0 Å². The average Bonchev–Trinajstić information content (AvgIpc) is 3.36. The summed E-state index contributed by atoms with van der Waals surface area (Å²) in [5.74, 6) is -0.339. The van der Waals surface area contributed by atoms with Gasteiger partial charge >= 0.3 is 174 Å². The molecule has 2 N–H and O–H groups in total. The van der Waals surface area contributed by atoms with Crippen LogP contribution in [0, 0.1) is 13.8 Å². The number of anilines is 3. The number of aryl methyl sites for hydroxylation is 2. The first-order valence-electron chi connectivity index (χ1n) is 14.8. The Bertz CT molecular complexity index is 1980. The van der Waals surface area contributed by atoms with Crippen molar-refractivity contribution in [3.63, 3.8) is 0 Å². The molecule has 1 amide bonds. The van der Waals surface area contributed by atoms with E-state index in [0.717, 1.165) is 22.5 Å². The van der Waals surface area contributed by atoms with Gasteiger partial charge in [-0.15, -0.1) is 0 Å². The normalized spacial score (nSPS) is 14.0. The zero-order valence-corrected chi connectivity index (χ0v) is 27.1. The third-order valence-corrected chi connectivity index (χ3v) is 8.97. The molecule has 0 fully saturated rings. The predicted octanol–water partition coefficient (Wildman–Crippen LogP) is 8.76. The van der Waals surface area contributed by atoms with E-state index in [2.05, 4.69) is 97.0 Å². The average molecular weight is 669 g/mol. The van der Waals surface area contributed by atoms with E-state index in [1.165, 1.54) is 32.7 Å². The van der Waals surface area contributed by atoms with Crippen LogP contribution in [0.2, 0.25) is 0 Å². The summed E-state index contributed by atoms with van der Waals surface area (Å²) in [5, 5.41) is 12.8. The third-order valence-electron chi connectivity index (χ3n) is 7.65. The third kappa shape index (κ3) is 7.08. The summed E-state index contributed by atoms with van der Waals surface area (Å²) in [5.41, 5.74) is 10.6. The maximum atomic E-state index is 13.2. The summed E-state index contributed by atoms with van der Waals surface area (Å²) in [6.07, 6.45) is 3.91. The van der Waals surface area contributed by atoms with Crippen LogP contribution in [0.25, 0.3) is 17.7 Å². The minimum atomic E-state index is -0.997. The van der Waals surface area contributed by atoms with Crippen molar-refractivity contribution in [1.29, 1.82) is 0 Å². The fraction of sp³-hybridized carbons (Fsp3) is 0.0513. The quantitative estimate of drug-likeness (QED) is 0.0935. The van der Waals surface area contributed by atoms with Crippen molar-refractivity contribution in [3.8, 4) is 0 Å². The molecule has 0 spiro atoms. The molecule has 5 aromatic carbocycles. The van der Waals surface area contributed by atoms with Crippen LogP contribution >= 0.6 is 0 Å². The molecular weight excluding hydrogens is 637 g/mol. The monoisotopic (exact) mass is 669 g/mol. The topological polar surface area (TPSA) is 82.0 Å². The van der Waals surface area contributed by atoms with Gasteiger partial charge in [0.25, 0.3) is 0 Å². The van der Waals surface area contributed by atoms with E-state index < -0.39 is 19.8 Å². The number of carbonyl (C=O) groups excluding carboxylic acids is 1. The fourth-order valence-corrected chi connectivity index (χ4v) is 6.34. The van der Waals surface area contributed by atoms with E-state index in [1.807, 2.05) is 36.4 Å². The zero-order valence-electron chi connectivity index (χ0n) is 25.3. The Hall–Kier alpha value is -5.49. The molecule has 1 heterocycles. The first-order chi connectivity index (χ1) is 22.3. The second-order valence-electron chi connectivity index (χ2n) is 10.9. The Morgan fingerprint density at radius 3 is 1.96 bits per heavy atom. The number of amides is 1. The SMILES string of the molecule is Cc1ccc(/C(=C/c2ccc(Nc3ccc(/C=C4\N=C([Se]C(=O)O)N(c5ccccc5)C4=O)cc3)cc2)c2ccccc2)cc1C. The van der Waals surface area contributed by atoms with Crippen LogP contribution in [0.4, 0.5) is 21.9 Å². The van der Waals surface area contributed by atoms with E-state index in [0.29, 0.717) is 5.69 Å². The molecule has 6 rings (SSSR count). The second-order valence-corrected chi connectivity index (χ2v) is 12.8. The molecule has 5 aromatic rings. The second kappa shape index (κ2) is 13.7. The summed E-state index contributed by atoms with van der Waals surface area (Å²) in [6.45, 7) is 4.28. The zero-order chi connectivity index (χ0) is 32.0. The molecule has 0 aliphatic carbocycles. The number of hydrogen-bond acceptors (Lipinski definition) is 4. The molecule has 1 aliphatic heterocycles. The van der Waals surface area contributed by atoms with Crippen LogP contribution in [0.1, 0.15) is 33.4 Å². The number of carbonyl (C=O) groups is 2. The Morgan fingerprint density at radius 2 is 1.35 bits per heavy atom. The van der Waals surface area contributed by atoms with E-state index in [-0.39, 0.29) is 16.3 Å². The molecule has 226 valence electrons. The molecule has 0 aromatic heterocycles. The first kappa shape index (κ1) is 30.5. The van der Waals surface area contributed by atoms with Gasteiger partial charge in [0, 0.05) is 0 Å². The van der Waals surface area contributed by atoms with Crippen molar-refractivity contribution in [1.82, 2.24) is 0 Å². The van der Waals surface area contributed by atoms with Gasteiger partial charge in [-0.25, -0.2) is 0 Å². The van der Waals surface area contributed by atoms with Crippen molar-refractivity contribution in [2.75, 3.05) is 10.2 Å². The summed E-state index contributed by atoms with van der Waals surface area (Å²) < 4.78 is 0.254.